The molecule has 2 atom stereocenters. The minimum atomic E-state index is -0.836. The molecule has 0 radical (unpaired) electrons. The maximum Gasteiger partial charge on any atom is 0.317 e. The van der Waals surface area contributed by atoms with Crippen LogP contribution in [0.4, 0.5) is 4.79 Å². The van der Waals surface area contributed by atoms with E-state index in [4.69, 9.17) is 9.84 Å². The Morgan fingerprint density at radius 1 is 1.59 bits per heavy atom. The number of carboxylic acids is 1. The number of likely N-dealkylation sites (N-methyl/N-ethyl adjacent to an activating group) is 1. The van der Waals surface area contributed by atoms with Gasteiger partial charge in [-0.1, -0.05) is 6.92 Å². The number of carboxylic acid groups (broad SMARTS) is 1. The van der Waals surface area contributed by atoms with Gasteiger partial charge in [-0.25, -0.2) is 4.79 Å². The van der Waals surface area contributed by atoms with Crippen LogP contribution < -0.4 is 5.32 Å². The highest BCUT2D eigenvalue weighted by Crippen LogP contribution is 2.10. The van der Waals surface area contributed by atoms with Gasteiger partial charge in [0.15, 0.2) is 0 Å². The molecule has 98 valence electrons. The lowest BCUT2D eigenvalue weighted by molar-refractivity contribution is -0.141. The molecule has 0 bridgehead atoms. The zero-order valence-corrected chi connectivity index (χ0v) is 10.3. The minimum Gasteiger partial charge on any atom is -0.481 e. The molecule has 1 fully saturated rings. The first-order chi connectivity index (χ1) is 8.02. The van der Waals surface area contributed by atoms with E-state index < -0.39 is 11.9 Å². The highest BCUT2D eigenvalue weighted by molar-refractivity contribution is 5.74. The van der Waals surface area contributed by atoms with Crippen LogP contribution in [0.5, 0.6) is 0 Å². The van der Waals surface area contributed by atoms with Gasteiger partial charge in [0.1, 0.15) is 0 Å². The van der Waals surface area contributed by atoms with E-state index in [1.54, 1.807) is 18.9 Å². The predicted molar refractivity (Wildman–Crippen MR) is 61.8 cm³/mol. The zero-order chi connectivity index (χ0) is 12.8. The predicted octanol–water partition coefficient (Wildman–Crippen LogP) is 0.527. The van der Waals surface area contributed by atoms with Gasteiger partial charge in [-0.2, -0.15) is 0 Å². The average Bonchev–Trinajstić information content (AvgIpc) is 2.80. The van der Waals surface area contributed by atoms with Crippen LogP contribution >= 0.6 is 0 Å². The number of amides is 2. The number of hydrogen-bond acceptors (Lipinski definition) is 3. The molecule has 17 heavy (non-hydrogen) atoms. The molecule has 1 heterocycles. The zero-order valence-electron chi connectivity index (χ0n) is 10.3. The second kappa shape index (κ2) is 6.44. The summed E-state index contributed by atoms with van der Waals surface area (Å²) in [6.07, 6.45) is 1.30. The highest BCUT2D eigenvalue weighted by atomic mass is 16.5. The lowest BCUT2D eigenvalue weighted by Crippen LogP contribution is -2.44. The topological polar surface area (TPSA) is 78.9 Å². The van der Waals surface area contributed by atoms with Gasteiger partial charge in [0.05, 0.1) is 18.6 Å². The number of carbonyl (C=O) groups is 2. The van der Waals surface area contributed by atoms with E-state index in [2.05, 4.69) is 5.32 Å². The molecule has 1 rings (SSSR count). The summed E-state index contributed by atoms with van der Waals surface area (Å²) in [4.78, 5) is 23.9. The Morgan fingerprint density at radius 3 is 2.82 bits per heavy atom. The van der Waals surface area contributed by atoms with Gasteiger partial charge < -0.3 is 20.1 Å². The van der Waals surface area contributed by atoms with Crippen LogP contribution in [-0.4, -0.2) is 54.9 Å². The summed E-state index contributed by atoms with van der Waals surface area (Å²) < 4.78 is 5.20. The van der Waals surface area contributed by atoms with Crippen LogP contribution in [0.1, 0.15) is 19.8 Å². The SMILES string of the molecule is CC(CCNC(=O)N(C)C1CCOC1)C(=O)O. The molecule has 0 saturated carbocycles. The van der Waals surface area contributed by atoms with Crippen molar-refractivity contribution >= 4 is 12.0 Å². The van der Waals surface area contributed by atoms with Crippen LogP contribution in [0.3, 0.4) is 0 Å². The smallest absolute Gasteiger partial charge is 0.317 e. The quantitative estimate of drug-likeness (QED) is 0.739. The van der Waals surface area contributed by atoms with Crippen LogP contribution in [0, 0.1) is 5.92 Å². The number of aliphatic carboxylic acids is 1. The molecule has 2 unspecified atom stereocenters. The van der Waals surface area contributed by atoms with Crippen molar-refractivity contribution in [1.82, 2.24) is 10.2 Å². The van der Waals surface area contributed by atoms with E-state index in [0.717, 1.165) is 6.42 Å². The Bertz CT molecular complexity index is 277. The molecular formula is C11H20N2O4. The van der Waals surface area contributed by atoms with Crippen LogP contribution in [-0.2, 0) is 9.53 Å². The van der Waals surface area contributed by atoms with Crippen molar-refractivity contribution in [3.63, 3.8) is 0 Å². The molecular weight excluding hydrogens is 224 g/mol. The maximum absolute atomic E-state index is 11.7. The van der Waals surface area contributed by atoms with E-state index in [1.165, 1.54) is 0 Å². The maximum atomic E-state index is 11.7. The number of nitrogens with one attached hydrogen (secondary N) is 1. The summed E-state index contributed by atoms with van der Waals surface area (Å²) in [5.74, 6) is -1.27. The summed E-state index contributed by atoms with van der Waals surface area (Å²) in [6, 6.07) is -0.0371. The largest absolute Gasteiger partial charge is 0.481 e. The van der Waals surface area contributed by atoms with Crippen molar-refractivity contribution in [2.75, 3.05) is 26.8 Å². The molecule has 0 aliphatic carbocycles. The molecule has 1 saturated heterocycles. The molecule has 6 heteroatoms. The van der Waals surface area contributed by atoms with Crippen molar-refractivity contribution in [2.45, 2.75) is 25.8 Å². The number of carbonyl (C=O) groups excluding carboxylic acids is 1. The molecule has 0 aromatic rings. The fourth-order valence-electron chi connectivity index (χ4n) is 1.64. The molecule has 0 aromatic carbocycles. The van der Waals surface area contributed by atoms with Crippen molar-refractivity contribution in [1.29, 1.82) is 0 Å². The Hall–Kier alpha value is -1.30. The molecule has 6 nitrogen and oxygen atoms in total. The summed E-state index contributed by atoms with van der Waals surface area (Å²) >= 11 is 0. The second-order valence-corrected chi connectivity index (χ2v) is 4.39. The van der Waals surface area contributed by atoms with Gasteiger partial charge in [0.25, 0.3) is 0 Å². The van der Waals surface area contributed by atoms with Gasteiger partial charge in [0, 0.05) is 20.2 Å². The number of ether oxygens (including phenoxy) is 1. The third kappa shape index (κ3) is 4.22. The Balaban J connectivity index is 2.22. The van der Waals surface area contributed by atoms with E-state index in [0.29, 0.717) is 26.2 Å². The average molecular weight is 244 g/mol. The van der Waals surface area contributed by atoms with Crippen LogP contribution in [0.2, 0.25) is 0 Å². The number of nitrogens with zero attached hydrogens (tertiary/aromatic N) is 1. The Morgan fingerprint density at radius 2 is 2.29 bits per heavy atom. The van der Waals surface area contributed by atoms with E-state index >= 15 is 0 Å². The van der Waals surface area contributed by atoms with E-state index in [-0.39, 0.29) is 12.1 Å². The van der Waals surface area contributed by atoms with Gasteiger partial charge in [-0.15, -0.1) is 0 Å². The van der Waals surface area contributed by atoms with Crippen molar-refractivity contribution in [3.05, 3.63) is 0 Å². The fourth-order valence-corrected chi connectivity index (χ4v) is 1.64. The van der Waals surface area contributed by atoms with Crippen LogP contribution in [0.25, 0.3) is 0 Å². The van der Waals surface area contributed by atoms with Crippen LogP contribution in [0.15, 0.2) is 0 Å². The molecule has 2 amide bonds. The first-order valence-electron chi connectivity index (χ1n) is 5.83. The molecule has 0 aromatic heterocycles. The number of rotatable bonds is 5. The summed E-state index contributed by atoms with van der Waals surface area (Å²) in [5.41, 5.74) is 0. The third-order valence-electron chi connectivity index (χ3n) is 3.05. The Kier molecular flexibility index (Phi) is 5.21. The monoisotopic (exact) mass is 244 g/mol. The van der Waals surface area contributed by atoms with Gasteiger partial charge in [0.2, 0.25) is 0 Å². The van der Waals surface area contributed by atoms with Gasteiger partial charge in [-0.05, 0) is 12.8 Å². The highest BCUT2D eigenvalue weighted by Gasteiger charge is 2.23. The van der Waals surface area contributed by atoms with Crippen molar-refractivity contribution in [3.8, 4) is 0 Å². The summed E-state index contributed by atoms with van der Waals surface area (Å²) in [7, 11) is 1.73. The standard InChI is InChI=1S/C11H20N2O4/c1-8(10(14)15)3-5-12-11(16)13(2)9-4-6-17-7-9/h8-9H,3-7H2,1-2H3,(H,12,16)(H,14,15). The second-order valence-electron chi connectivity index (χ2n) is 4.39. The van der Waals surface area contributed by atoms with Gasteiger partial charge >= 0.3 is 12.0 Å². The normalized spacial score (nSPS) is 20.9. The van der Waals surface area contributed by atoms with E-state index in [1.807, 2.05) is 0 Å². The lowest BCUT2D eigenvalue weighted by Gasteiger charge is -2.23. The summed E-state index contributed by atoms with van der Waals surface area (Å²) in [6.45, 7) is 3.28. The Labute approximate surface area is 101 Å². The molecule has 1 aliphatic rings. The molecule has 0 spiro atoms. The number of urea groups is 1. The van der Waals surface area contributed by atoms with E-state index in [9.17, 15) is 9.59 Å². The first kappa shape index (κ1) is 13.8. The summed E-state index contributed by atoms with van der Waals surface area (Å²) in [5, 5.41) is 11.4. The van der Waals surface area contributed by atoms with Gasteiger partial charge in [-0.3, -0.25) is 4.79 Å². The molecule has 1 aliphatic heterocycles. The molecule has 2 N–H and O–H groups in total. The van der Waals surface area contributed by atoms with Crippen molar-refractivity contribution < 1.29 is 19.4 Å². The fraction of sp³-hybridized carbons (Fsp3) is 0.818. The number of hydrogen-bond donors (Lipinski definition) is 2. The lowest BCUT2D eigenvalue weighted by atomic mass is 10.1. The minimum absolute atomic E-state index is 0.131. The van der Waals surface area contributed by atoms with Crippen molar-refractivity contribution in [2.24, 2.45) is 5.92 Å². The third-order valence-corrected chi connectivity index (χ3v) is 3.05. The first-order valence-corrected chi connectivity index (χ1v) is 5.83.